The first-order valence-electron chi connectivity index (χ1n) is 10.7. The van der Waals surface area contributed by atoms with Crippen LogP contribution in [0.1, 0.15) is 24.0 Å². The molecule has 5 rings (SSSR count). The second kappa shape index (κ2) is 8.40. The van der Waals surface area contributed by atoms with Crippen molar-refractivity contribution >= 4 is 0 Å². The molecule has 0 amide bonds. The highest BCUT2D eigenvalue weighted by molar-refractivity contribution is 5.45. The first kappa shape index (κ1) is 20.2. The van der Waals surface area contributed by atoms with Crippen LogP contribution in [-0.4, -0.2) is 45.3 Å². The Balaban J connectivity index is 1.20. The Morgan fingerprint density at radius 2 is 1.94 bits per heavy atom. The summed E-state index contributed by atoms with van der Waals surface area (Å²) in [5.41, 5.74) is 1.81. The van der Waals surface area contributed by atoms with Gasteiger partial charge in [0.05, 0.1) is 12.4 Å². The Kier molecular flexibility index (Phi) is 5.46. The molecule has 1 saturated carbocycles. The van der Waals surface area contributed by atoms with Gasteiger partial charge in [-0.25, -0.2) is 14.4 Å². The molecule has 1 aliphatic carbocycles. The zero-order valence-electron chi connectivity index (χ0n) is 17.4. The van der Waals surface area contributed by atoms with Gasteiger partial charge in [0, 0.05) is 37.6 Å². The monoisotopic (exact) mass is 423 g/mol. The lowest BCUT2D eigenvalue weighted by atomic mass is 9.78. The molecule has 1 saturated heterocycles. The topological polar surface area (TPSA) is 71.6 Å². The van der Waals surface area contributed by atoms with Crippen LogP contribution in [0.15, 0.2) is 53.4 Å². The highest BCUT2D eigenvalue weighted by Crippen LogP contribution is 2.38. The largest absolute Gasteiger partial charge is 0.487 e. The molecule has 0 bridgehead atoms. The number of aryl methyl sites for hydroxylation is 1. The summed E-state index contributed by atoms with van der Waals surface area (Å²) in [6.45, 7) is 4.51. The number of furan rings is 1. The molecule has 0 spiro atoms. The second-order valence-corrected chi connectivity index (χ2v) is 8.71. The molecular weight excluding hydrogens is 397 g/mol. The standard InChI is InChI=1S/C24H26FN3O3/c1-15-7-19(25)4-5-21(15)31-23-9-18-14-28(13-17(18)8-20(23)29)12-16-10-26-24(27-11-16)22-3-2-6-30-22/h2-7,10-11,17-18,20,23,29H,8-9,12-14H2,1H3/t17-,18+,20+,23+/m0/s1. The van der Waals surface area contributed by atoms with Crippen molar-refractivity contribution in [3.8, 4) is 17.3 Å². The predicted molar refractivity (Wildman–Crippen MR) is 113 cm³/mol. The number of hydrogen-bond acceptors (Lipinski definition) is 6. The van der Waals surface area contributed by atoms with Crippen LogP contribution in [0.25, 0.3) is 11.6 Å². The van der Waals surface area contributed by atoms with Gasteiger partial charge in [0.1, 0.15) is 17.7 Å². The van der Waals surface area contributed by atoms with E-state index in [-0.39, 0.29) is 11.9 Å². The maximum atomic E-state index is 13.4. The number of aliphatic hydroxyl groups excluding tert-OH is 1. The summed E-state index contributed by atoms with van der Waals surface area (Å²) in [5, 5.41) is 10.7. The molecule has 3 heterocycles. The van der Waals surface area contributed by atoms with E-state index in [4.69, 9.17) is 9.15 Å². The summed E-state index contributed by atoms with van der Waals surface area (Å²) in [6, 6.07) is 8.18. The summed E-state index contributed by atoms with van der Waals surface area (Å²) in [7, 11) is 0. The summed E-state index contributed by atoms with van der Waals surface area (Å²) in [4.78, 5) is 11.2. The highest BCUT2D eigenvalue weighted by Gasteiger charge is 2.42. The van der Waals surface area contributed by atoms with Gasteiger partial charge in [-0.1, -0.05) is 0 Å². The van der Waals surface area contributed by atoms with Crippen LogP contribution in [0.5, 0.6) is 5.75 Å². The van der Waals surface area contributed by atoms with E-state index in [1.54, 1.807) is 12.3 Å². The molecular formula is C24H26FN3O3. The first-order valence-corrected chi connectivity index (χ1v) is 10.7. The molecule has 6 nitrogen and oxygen atoms in total. The fourth-order valence-corrected chi connectivity index (χ4v) is 4.88. The number of halogens is 1. The van der Waals surface area contributed by atoms with Crippen molar-refractivity contribution in [2.45, 2.75) is 38.5 Å². The Bertz CT molecular complexity index is 1030. The molecule has 1 aromatic carbocycles. The van der Waals surface area contributed by atoms with Crippen LogP contribution >= 0.6 is 0 Å². The second-order valence-electron chi connectivity index (χ2n) is 8.71. The highest BCUT2D eigenvalue weighted by atomic mass is 19.1. The first-order chi connectivity index (χ1) is 15.0. The number of aliphatic hydroxyl groups is 1. The van der Waals surface area contributed by atoms with E-state index < -0.39 is 6.10 Å². The van der Waals surface area contributed by atoms with Gasteiger partial charge in [-0.15, -0.1) is 0 Å². The number of likely N-dealkylation sites (tertiary alicyclic amines) is 1. The Morgan fingerprint density at radius 3 is 2.65 bits per heavy atom. The van der Waals surface area contributed by atoms with E-state index in [0.717, 1.165) is 43.6 Å². The number of benzene rings is 1. The average Bonchev–Trinajstić information content (AvgIpc) is 3.40. The van der Waals surface area contributed by atoms with Gasteiger partial charge >= 0.3 is 0 Å². The third-order valence-corrected chi connectivity index (χ3v) is 6.43. The molecule has 0 radical (unpaired) electrons. The van der Waals surface area contributed by atoms with E-state index in [0.29, 0.717) is 29.2 Å². The zero-order chi connectivity index (χ0) is 21.4. The predicted octanol–water partition coefficient (Wildman–Crippen LogP) is 3.83. The van der Waals surface area contributed by atoms with Gasteiger partial charge in [-0.2, -0.15) is 0 Å². The minimum absolute atomic E-state index is 0.263. The number of fused-ring (bicyclic) bond motifs is 1. The maximum absolute atomic E-state index is 13.4. The van der Waals surface area contributed by atoms with Gasteiger partial charge in [0.2, 0.25) is 0 Å². The number of rotatable bonds is 5. The van der Waals surface area contributed by atoms with Crippen LogP contribution in [0.3, 0.4) is 0 Å². The van der Waals surface area contributed by atoms with Crippen molar-refractivity contribution < 1.29 is 18.7 Å². The van der Waals surface area contributed by atoms with Crippen molar-refractivity contribution in [3.63, 3.8) is 0 Å². The summed E-state index contributed by atoms with van der Waals surface area (Å²) in [6.07, 6.45) is 6.06. The molecule has 7 heteroatoms. The number of aromatic nitrogens is 2. The van der Waals surface area contributed by atoms with Gasteiger partial charge in [-0.3, -0.25) is 4.90 Å². The van der Waals surface area contributed by atoms with Gasteiger partial charge in [0.15, 0.2) is 11.6 Å². The lowest BCUT2D eigenvalue weighted by Crippen LogP contribution is -2.42. The van der Waals surface area contributed by atoms with Crippen LogP contribution in [0.2, 0.25) is 0 Å². The SMILES string of the molecule is Cc1cc(F)ccc1O[C@@H]1C[C@@H]2CN(Cc3cnc(-c4ccco4)nc3)C[C@@H]2C[C@H]1O. The van der Waals surface area contributed by atoms with E-state index in [2.05, 4.69) is 14.9 Å². The smallest absolute Gasteiger partial charge is 0.195 e. The minimum atomic E-state index is -0.512. The summed E-state index contributed by atoms with van der Waals surface area (Å²) < 4.78 is 24.8. The van der Waals surface area contributed by atoms with Crippen LogP contribution in [0.4, 0.5) is 4.39 Å². The van der Waals surface area contributed by atoms with Crippen molar-refractivity contribution in [2.24, 2.45) is 11.8 Å². The average molecular weight is 423 g/mol. The normalized spacial score (nSPS) is 26.0. The molecule has 3 aromatic rings. The fraction of sp³-hybridized carbons (Fsp3) is 0.417. The lowest BCUT2D eigenvalue weighted by molar-refractivity contribution is -0.0234. The van der Waals surface area contributed by atoms with E-state index in [1.807, 2.05) is 31.5 Å². The third kappa shape index (κ3) is 4.34. The number of nitrogens with zero attached hydrogens (tertiary/aromatic N) is 3. The number of ether oxygens (including phenoxy) is 1. The van der Waals surface area contributed by atoms with Crippen LogP contribution < -0.4 is 4.74 Å². The summed E-state index contributed by atoms with van der Waals surface area (Å²) in [5.74, 6) is 2.54. The molecule has 2 aliphatic rings. The summed E-state index contributed by atoms with van der Waals surface area (Å²) >= 11 is 0. The molecule has 2 aromatic heterocycles. The zero-order valence-corrected chi connectivity index (χ0v) is 17.4. The third-order valence-electron chi connectivity index (χ3n) is 6.43. The fourth-order valence-electron chi connectivity index (χ4n) is 4.88. The quantitative estimate of drug-likeness (QED) is 0.673. The van der Waals surface area contributed by atoms with Gasteiger partial charge < -0.3 is 14.3 Å². The minimum Gasteiger partial charge on any atom is -0.487 e. The number of hydrogen-bond donors (Lipinski definition) is 1. The molecule has 2 fully saturated rings. The van der Waals surface area contributed by atoms with Crippen molar-refractivity contribution in [1.82, 2.24) is 14.9 Å². The van der Waals surface area contributed by atoms with Crippen molar-refractivity contribution in [3.05, 3.63) is 65.9 Å². The van der Waals surface area contributed by atoms with E-state index >= 15 is 0 Å². The molecule has 0 unspecified atom stereocenters. The Morgan fingerprint density at radius 1 is 1.16 bits per heavy atom. The molecule has 4 atom stereocenters. The molecule has 162 valence electrons. The van der Waals surface area contributed by atoms with Gasteiger partial charge in [0.25, 0.3) is 0 Å². The Hall–Kier alpha value is -2.77. The van der Waals surface area contributed by atoms with Crippen molar-refractivity contribution in [2.75, 3.05) is 13.1 Å². The van der Waals surface area contributed by atoms with Crippen LogP contribution in [-0.2, 0) is 6.54 Å². The Labute approximate surface area is 180 Å². The lowest BCUT2D eigenvalue weighted by Gasteiger charge is -2.35. The molecule has 1 N–H and O–H groups in total. The molecule has 1 aliphatic heterocycles. The maximum Gasteiger partial charge on any atom is 0.195 e. The van der Waals surface area contributed by atoms with Gasteiger partial charge in [-0.05, 0) is 67.5 Å². The van der Waals surface area contributed by atoms with Crippen LogP contribution in [0, 0.1) is 24.6 Å². The van der Waals surface area contributed by atoms with E-state index in [9.17, 15) is 9.50 Å². The molecule has 31 heavy (non-hydrogen) atoms. The van der Waals surface area contributed by atoms with Crippen molar-refractivity contribution in [1.29, 1.82) is 0 Å². The van der Waals surface area contributed by atoms with E-state index in [1.165, 1.54) is 12.1 Å².